The molecule has 1 aromatic carbocycles. The van der Waals surface area contributed by atoms with Crippen LogP contribution < -0.4 is 5.32 Å². The van der Waals surface area contributed by atoms with E-state index >= 15 is 0 Å². The number of amides is 1. The van der Waals surface area contributed by atoms with Crippen LogP contribution in [-0.2, 0) is 17.6 Å². The number of carbonyl (C=O) groups is 1. The monoisotopic (exact) mass is 272 g/mol. The van der Waals surface area contributed by atoms with Crippen molar-refractivity contribution in [2.75, 3.05) is 18.4 Å². The van der Waals surface area contributed by atoms with Gasteiger partial charge in [0.05, 0.1) is 6.54 Å². The maximum Gasteiger partial charge on any atom is 0.238 e. The zero-order valence-electron chi connectivity index (χ0n) is 12.3. The van der Waals surface area contributed by atoms with Gasteiger partial charge in [-0.05, 0) is 68.8 Å². The lowest BCUT2D eigenvalue weighted by Crippen LogP contribution is -2.42. The first-order valence-electron chi connectivity index (χ1n) is 7.88. The second-order valence-electron chi connectivity index (χ2n) is 6.20. The Balaban J connectivity index is 1.58. The smallest absolute Gasteiger partial charge is 0.238 e. The Morgan fingerprint density at radius 1 is 1.25 bits per heavy atom. The van der Waals surface area contributed by atoms with Crippen LogP contribution in [0, 0.1) is 0 Å². The van der Waals surface area contributed by atoms with Crippen molar-refractivity contribution >= 4 is 11.6 Å². The summed E-state index contributed by atoms with van der Waals surface area (Å²) in [7, 11) is 0. The van der Waals surface area contributed by atoms with Crippen LogP contribution in [-0.4, -0.2) is 29.9 Å². The van der Waals surface area contributed by atoms with Gasteiger partial charge in [0.25, 0.3) is 0 Å². The van der Waals surface area contributed by atoms with E-state index in [0.29, 0.717) is 12.6 Å². The number of nitrogens with one attached hydrogen (secondary N) is 1. The third kappa shape index (κ3) is 3.04. The number of hydrogen-bond donors (Lipinski definition) is 1. The summed E-state index contributed by atoms with van der Waals surface area (Å²) < 4.78 is 0. The predicted molar refractivity (Wildman–Crippen MR) is 82.0 cm³/mol. The van der Waals surface area contributed by atoms with Crippen LogP contribution >= 0.6 is 0 Å². The standard InChI is InChI=1S/C17H24N2O/c1-13-5-2-3-10-19(13)12-17(20)18-16-9-8-14-6-4-7-15(14)11-16/h8-9,11,13H,2-7,10,12H2,1H3,(H,18,20). The van der Waals surface area contributed by atoms with Crippen LogP contribution in [0.2, 0.25) is 0 Å². The number of likely N-dealkylation sites (tertiary alicyclic amines) is 1. The number of aryl methyl sites for hydroxylation is 2. The van der Waals surface area contributed by atoms with Gasteiger partial charge < -0.3 is 5.32 Å². The summed E-state index contributed by atoms with van der Waals surface area (Å²) >= 11 is 0. The summed E-state index contributed by atoms with van der Waals surface area (Å²) in [6.07, 6.45) is 7.32. The van der Waals surface area contributed by atoms with E-state index < -0.39 is 0 Å². The number of nitrogens with zero attached hydrogens (tertiary/aromatic N) is 1. The summed E-state index contributed by atoms with van der Waals surface area (Å²) in [6.45, 7) is 3.80. The molecule has 0 aromatic heterocycles. The maximum atomic E-state index is 12.2. The normalized spacial score (nSPS) is 22.6. The first kappa shape index (κ1) is 13.6. The number of carbonyl (C=O) groups excluding carboxylic acids is 1. The van der Waals surface area contributed by atoms with Gasteiger partial charge in [0.15, 0.2) is 0 Å². The van der Waals surface area contributed by atoms with E-state index in [1.165, 1.54) is 43.2 Å². The molecular weight excluding hydrogens is 248 g/mol. The highest BCUT2D eigenvalue weighted by Crippen LogP contribution is 2.25. The fraction of sp³-hybridized carbons (Fsp3) is 0.588. The molecule has 1 heterocycles. The lowest BCUT2D eigenvalue weighted by atomic mass is 10.0. The highest BCUT2D eigenvalue weighted by molar-refractivity contribution is 5.92. The average molecular weight is 272 g/mol. The van der Waals surface area contributed by atoms with Crippen molar-refractivity contribution in [3.63, 3.8) is 0 Å². The van der Waals surface area contributed by atoms with E-state index in [1.807, 2.05) is 6.07 Å². The molecule has 3 rings (SSSR count). The second-order valence-corrected chi connectivity index (χ2v) is 6.20. The molecule has 1 amide bonds. The highest BCUT2D eigenvalue weighted by atomic mass is 16.2. The van der Waals surface area contributed by atoms with E-state index in [-0.39, 0.29) is 5.91 Å². The minimum absolute atomic E-state index is 0.122. The molecule has 3 nitrogen and oxygen atoms in total. The van der Waals surface area contributed by atoms with Crippen molar-refractivity contribution in [3.05, 3.63) is 29.3 Å². The fourth-order valence-corrected chi connectivity index (χ4v) is 3.43. The van der Waals surface area contributed by atoms with Crippen molar-refractivity contribution in [3.8, 4) is 0 Å². The number of piperidine rings is 1. The molecule has 3 heteroatoms. The Bertz CT molecular complexity index is 498. The van der Waals surface area contributed by atoms with E-state index in [0.717, 1.165) is 18.7 Å². The second kappa shape index (κ2) is 5.96. The van der Waals surface area contributed by atoms with Crippen LogP contribution in [0.5, 0.6) is 0 Å². The van der Waals surface area contributed by atoms with Crippen molar-refractivity contribution in [1.82, 2.24) is 4.90 Å². The minimum atomic E-state index is 0.122. The van der Waals surface area contributed by atoms with Crippen molar-refractivity contribution in [2.45, 2.75) is 51.5 Å². The average Bonchev–Trinajstić information content (AvgIpc) is 2.89. The van der Waals surface area contributed by atoms with Crippen LogP contribution in [0.15, 0.2) is 18.2 Å². The van der Waals surface area contributed by atoms with E-state index in [1.54, 1.807) is 0 Å². The molecule has 1 aromatic rings. The van der Waals surface area contributed by atoms with Crippen LogP contribution in [0.4, 0.5) is 5.69 Å². The van der Waals surface area contributed by atoms with Crippen molar-refractivity contribution in [1.29, 1.82) is 0 Å². The lowest BCUT2D eigenvalue weighted by molar-refractivity contribution is -0.118. The Kier molecular flexibility index (Phi) is 4.06. The van der Waals surface area contributed by atoms with Gasteiger partial charge in [-0.3, -0.25) is 9.69 Å². The maximum absolute atomic E-state index is 12.2. The summed E-state index contributed by atoms with van der Waals surface area (Å²) in [5.41, 5.74) is 3.82. The zero-order valence-corrected chi connectivity index (χ0v) is 12.3. The lowest BCUT2D eigenvalue weighted by Gasteiger charge is -2.32. The molecule has 0 radical (unpaired) electrons. The van der Waals surface area contributed by atoms with Crippen molar-refractivity contribution in [2.24, 2.45) is 0 Å². The van der Waals surface area contributed by atoms with Gasteiger partial charge in [-0.1, -0.05) is 12.5 Å². The molecular formula is C17H24N2O. The first-order chi connectivity index (χ1) is 9.72. The molecule has 0 bridgehead atoms. The molecule has 1 aliphatic carbocycles. The van der Waals surface area contributed by atoms with Gasteiger partial charge in [0, 0.05) is 11.7 Å². The molecule has 1 N–H and O–H groups in total. The number of benzene rings is 1. The number of hydrogen-bond acceptors (Lipinski definition) is 2. The number of anilines is 1. The topological polar surface area (TPSA) is 32.3 Å². The molecule has 1 fully saturated rings. The molecule has 1 saturated heterocycles. The molecule has 2 aliphatic rings. The van der Waals surface area contributed by atoms with Gasteiger partial charge in [-0.25, -0.2) is 0 Å². The van der Waals surface area contributed by atoms with Gasteiger partial charge in [-0.2, -0.15) is 0 Å². The van der Waals surface area contributed by atoms with Gasteiger partial charge in [-0.15, -0.1) is 0 Å². The number of rotatable bonds is 3. The minimum Gasteiger partial charge on any atom is -0.325 e. The van der Waals surface area contributed by atoms with Crippen LogP contribution in [0.1, 0.15) is 43.7 Å². The van der Waals surface area contributed by atoms with E-state index in [9.17, 15) is 4.79 Å². The Labute approximate surface area is 121 Å². The molecule has 1 atom stereocenters. The summed E-state index contributed by atoms with van der Waals surface area (Å²) in [6, 6.07) is 6.90. The number of fused-ring (bicyclic) bond motifs is 1. The zero-order chi connectivity index (χ0) is 13.9. The molecule has 20 heavy (non-hydrogen) atoms. The molecule has 108 valence electrons. The fourth-order valence-electron chi connectivity index (χ4n) is 3.43. The summed E-state index contributed by atoms with van der Waals surface area (Å²) in [4.78, 5) is 14.5. The largest absolute Gasteiger partial charge is 0.325 e. The summed E-state index contributed by atoms with van der Waals surface area (Å²) in [5, 5.41) is 3.06. The van der Waals surface area contributed by atoms with Gasteiger partial charge in [0.2, 0.25) is 5.91 Å². The molecule has 1 aliphatic heterocycles. The molecule has 1 unspecified atom stereocenters. The molecule has 0 saturated carbocycles. The van der Waals surface area contributed by atoms with Gasteiger partial charge >= 0.3 is 0 Å². The predicted octanol–water partition coefficient (Wildman–Crippen LogP) is 2.99. The third-order valence-corrected chi connectivity index (χ3v) is 4.67. The highest BCUT2D eigenvalue weighted by Gasteiger charge is 2.20. The van der Waals surface area contributed by atoms with E-state index in [2.05, 4.69) is 29.3 Å². The summed E-state index contributed by atoms with van der Waals surface area (Å²) in [5.74, 6) is 0.122. The third-order valence-electron chi connectivity index (χ3n) is 4.67. The van der Waals surface area contributed by atoms with Crippen LogP contribution in [0.25, 0.3) is 0 Å². The SMILES string of the molecule is CC1CCCCN1CC(=O)Nc1ccc2c(c1)CCC2. The Morgan fingerprint density at radius 3 is 2.95 bits per heavy atom. The quantitative estimate of drug-likeness (QED) is 0.917. The van der Waals surface area contributed by atoms with Gasteiger partial charge in [0.1, 0.15) is 0 Å². The Morgan fingerprint density at radius 2 is 2.10 bits per heavy atom. The van der Waals surface area contributed by atoms with Crippen LogP contribution in [0.3, 0.4) is 0 Å². The molecule has 0 spiro atoms. The first-order valence-corrected chi connectivity index (χ1v) is 7.88. The van der Waals surface area contributed by atoms with E-state index in [4.69, 9.17) is 0 Å². The Hall–Kier alpha value is -1.35. The van der Waals surface area contributed by atoms with Crippen molar-refractivity contribution < 1.29 is 4.79 Å².